The Balaban J connectivity index is 2.05. The molecule has 6 N–H and O–H groups in total. The van der Waals surface area contributed by atoms with Crippen LogP contribution in [0.4, 0.5) is 4.79 Å². The van der Waals surface area contributed by atoms with Gasteiger partial charge >= 0.3 is 6.03 Å². The molecular weight excluding hydrogens is 380 g/mol. The predicted octanol–water partition coefficient (Wildman–Crippen LogP) is -1.87. The van der Waals surface area contributed by atoms with Crippen molar-refractivity contribution in [2.45, 2.75) is 35.5 Å². The van der Waals surface area contributed by atoms with Crippen LogP contribution in [0.25, 0.3) is 0 Å². The van der Waals surface area contributed by atoms with E-state index in [0.29, 0.717) is 5.02 Å². The van der Waals surface area contributed by atoms with Crippen LogP contribution in [0.1, 0.15) is 0 Å². The van der Waals surface area contributed by atoms with Gasteiger partial charge in [0.15, 0.2) is 6.29 Å². The van der Waals surface area contributed by atoms with Gasteiger partial charge in [0.25, 0.3) is 10.0 Å². The van der Waals surface area contributed by atoms with Gasteiger partial charge in [-0.3, -0.25) is 0 Å². The second-order valence-electron chi connectivity index (χ2n) is 5.29. The second kappa shape index (κ2) is 7.83. The molecule has 1 fully saturated rings. The van der Waals surface area contributed by atoms with Crippen LogP contribution in [-0.4, -0.2) is 72.1 Å². The van der Waals surface area contributed by atoms with Crippen LogP contribution < -0.4 is 10.0 Å². The van der Waals surface area contributed by atoms with Gasteiger partial charge < -0.3 is 30.5 Å². The number of sulfonamides is 1. The number of hydrogen-bond donors (Lipinski definition) is 6. The first-order chi connectivity index (χ1) is 11.7. The van der Waals surface area contributed by atoms with Crippen LogP contribution in [0, 0.1) is 0 Å². The summed E-state index contributed by atoms with van der Waals surface area (Å²) in [7, 11) is -4.22. The highest BCUT2D eigenvalue weighted by atomic mass is 35.5. The van der Waals surface area contributed by atoms with Crippen molar-refractivity contribution in [1.29, 1.82) is 0 Å². The molecule has 0 saturated carbocycles. The highest BCUT2D eigenvalue weighted by Gasteiger charge is 2.44. The van der Waals surface area contributed by atoms with Gasteiger partial charge in [-0.05, 0) is 24.3 Å². The van der Waals surface area contributed by atoms with Crippen LogP contribution >= 0.6 is 11.6 Å². The first-order valence-electron chi connectivity index (χ1n) is 7.05. The number of rotatable bonds is 4. The summed E-state index contributed by atoms with van der Waals surface area (Å²) in [6, 6.07) is 2.24. The first kappa shape index (κ1) is 19.8. The number of hydrogen-bond acceptors (Lipinski definition) is 8. The van der Waals surface area contributed by atoms with Crippen molar-refractivity contribution in [2.75, 3.05) is 6.61 Å². The van der Waals surface area contributed by atoms with Crippen LogP contribution in [0.15, 0.2) is 29.2 Å². The van der Waals surface area contributed by atoms with E-state index >= 15 is 0 Å². The minimum atomic E-state index is -4.22. The van der Waals surface area contributed by atoms with Gasteiger partial charge in [-0.25, -0.2) is 17.9 Å². The summed E-state index contributed by atoms with van der Waals surface area (Å²) < 4.78 is 30.7. The number of urea groups is 1. The first-order valence-corrected chi connectivity index (χ1v) is 8.91. The SMILES string of the molecule is O=C(N[C@@H]1[C@@H](O)[C@H](O)[C@@H](CO)O[C@H]1O)NS(=O)(=O)c1ccc(Cl)cc1. The molecule has 1 aliphatic rings. The number of amides is 2. The molecule has 5 atom stereocenters. The molecule has 0 spiro atoms. The highest BCUT2D eigenvalue weighted by Crippen LogP contribution is 2.20. The number of carbonyl (C=O) groups excluding carboxylic acids is 1. The zero-order valence-corrected chi connectivity index (χ0v) is 14.2. The smallest absolute Gasteiger partial charge is 0.329 e. The van der Waals surface area contributed by atoms with E-state index < -0.39 is 53.3 Å². The molecular formula is C13H17ClN2O8S. The van der Waals surface area contributed by atoms with Gasteiger partial charge in [-0.1, -0.05) is 11.6 Å². The number of halogens is 1. The van der Waals surface area contributed by atoms with E-state index in [1.54, 1.807) is 4.72 Å². The molecule has 0 radical (unpaired) electrons. The molecule has 0 aliphatic carbocycles. The Labute approximate surface area is 148 Å². The normalized spacial score (nSPS) is 29.9. The summed E-state index contributed by atoms with van der Waals surface area (Å²) in [5, 5.41) is 40.6. The number of benzene rings is 1. The minimum absolute atomic E-state index is 0.228. The van der Waals surface area contributed by atoms with Gasteiger partial charge in [-0.2, -0.15) is 0 Å². The van der Waals surface area contributed by atoms with E-state index in [-0.39, 0.29) is 4.90 Å². The second-order valence-corrected chi connectivity index (χ2v) is 7.41. The van der Waals surface area contributed by atoms with Crippen LogP contribution in [-0.2, 0) is 14.8 Å². The zero-order chi connectivity index (χ0) is 18.8. The molecule has 1 aliphatic heterocycles. The molecule has 1 saturated heterocycles. The van der Waals surface area contributed by atoms with Crippen molar-refractivity contribution in [3.8, 4) is 0 Å². The number of ether oxygens (including phenoxy) is 1. The van der Waals surface area contributed by atoms with Crippen molar-refractivity contribution in [3.63, 3.8) is 0 Å². The number of aliphatic hydroxyl groups excluding tert-OH is 4. The molecule has 140 valence electrons. The summed E-state index contributed by atoms with van der Waals surface area (Å²) in [4.78, 5) is 11.7. The lowest BCUT2D eigenvalue weighted by atomic mass is 9.97. The Hall–Kier alpha value is -1.47. The van der Waals surface area contributed by atoms with Crippen molar-refractivity contribution >= 4 is 27.7 Å². The van der Waals surface area contributed by atoms with Crippen molar-refractivity contribution in [2.24, 2.45) is 0 Å². The fraction of sp³-hybridized carbons (Fsp3) is 0.462. The summed E-state index contributed by atoms with van der Waals surface area (Å²) in [6.07, 6.45) is -6.29. The maximum absolute atomic E-state index is 12.1. The van der Waals surface area contributed by atoms with Crippen LogP contribution in [0.2, 0.25) is 5.02 Å². The van der Waals surface area contributed by atoms with E-state index in [9.17, 15) is 28.5 Å². The Bertz CT molecular complexity index is 713. The fourth-order valence-electron chi connectivity index (χ4n) is 2.23. The Morgan fingerprint density at radius 2 is 1.76 bits per heavy atom. The molecule has 25 heavy (non-hydrogen) atoms. The van der Waals surface area contributed by atoms with Crippen molar-refractivity contribution in [1.82, 2.24) is 10.0 Å². The number of carbonyl (C=O) groups is 1. The Kier molecular flexibility index (Phi) is 6.21. The van der Waals surface area contributed by atoms with Gasteiger partial charge in [0.1, 0.15) is 24.4 Å². The highest BCUT2D eigenvalue weighted by molar-refractivity contribution is 7.90. The summed E-state index contributed by atoms with van der Waals surface area (Å²) in [5.74, 6) is 0. The largest absolute Gasteiger partial charge is 0.394 e. The zero-order valence-electron chi connectivity index (χ0n) is 12.6. The third-order valence-corrected chi connectivity index (χ3v) is 5.15. The van der Waals surface area contributed by atoms with E-state index in [2.05, 4.69) is 0 Å². The van der Waals surface area contributed by atoms with Crippen LogP contribution in [0.5, 0.6) is 0 Å². The lowest BCUT2D eigenvalue weighted by Crippen LogP contribution is -2.65. The monoisotopic (exact) mass is 396 g/mol. The molecule has 12 heteroatoms. The van der Waals surface area contributed by atoms with Gasteiger partial charge in [0.05, 0.1) is 11.5 Å². The Morgan fingerprint density at radius 3 is 2.32 bits per heavy atom. The maximum Gasteiger partial charge on any atom is 0.329 e. The predicted molar refractivity (Wildman–Crippen MR) is 84.1 cm³/mol. The average Bonchev–Trinajstić information content (AvgIpc) is 2.55. The standard InChI is InChI=1S/C13H17ClN2O8S/c14-6-1-3-7(4-2-6)25(22,23)16-13(21)15-9-11(19)10(18)8(5-17)24-12(9)20/h1-4,8-12,17-20H,5H2,(H2,15,16,21)/t8-,9-,10-,11-,12-/m1/s1. The number of nitrogens with one attached hydrogen (secondary N) is 2. The van der Waals surface area contributed by atoms with E-state index in [1.807, 2.05) is 5.32 Å². The molecule has 0 bridgehead atoms. The number of aliphatic hydroxyl groups is 4. The van der Waals surface area contributed by atoms with E-state index in [0.717, 1.165) is 0 Å². The van der Waals surface area contributed by atoms with E-state index in [4.69, 9.17) is 21.4 Å². The van der Waals surface area contributed by atoms with Gasteiger partial charge in [-0.15, -0.1) is 0 Å². The molecule has 2 rings (SSSR count). The van der Waals surface area contributed by atoms with Crippen molar-refractivity contribution < 1.29 is 38.4 Å². The van der Waals surface area contributed by atoms with Crippen molar-refractivity contribution in [3.05, 3.63) is 29.3 Å². The fourth-order valence-corrected chi connectivity index (χ4v) is 3.27. The quantitative estimate of drug-likeness (QED) is 0.344. The minimum Gasteiger partial charge on any atom is -0.394 e. The molecule has 0 unspecified atom stereocenters. The molecule has 1 aromatic carbocycles. The lowest BCUT2D eigenvalue weighted by molar-refractivity contribution is -0.252. The summed E-state index contributed by atoms with van der Waals surface area (Å²) in [6.45, 7) is -0.668. The van der Waals surface area contributed by atoms with E-state index in [1.165, 1.54) is 24.3 Å². The molecule has 1 heterocycles. The lowest BCUT2D eigenvalue weighted by Gasteiger charge is -2.40. The van der Waals surface area contributed by atoms with Gasteiger partial charge in [0.2, 0.25) is 0 Å². The molecule has 2 amide bonds. The molecule has 1 aromatic rings. The third kappa shape index (κ3) is 4.58. The maximum atomic E-state index is 12.1. The molecule has 0 aromatic heterocycles. The summed E-state index contributed by atoms with van der Waals surface area (Å²) in [5.41, 5.74) is 0. The topological polar surface area (TPSA) is 165 Å². The van der Waals surface area contributed by atoms with Crippen LogP contribution in [0.3, 0.4) is 0 Å². The van der Waals surface area contributed by atoms with Gasteiger partial charge in [0, 0.05) is 5.02 Å². The molecule has 10 nitrogen and oxygen atoms in total. The Morgan fingerprint density at radius 1 is 1.16 bits per heavy atom. The summed E-state index contributed by atoms with van der Waals surface area (Å²) >= 11 is 5.66. The average molecular weight is 397 g/mol. The third-order valence-electron chi connectivity index (χ3n) is 3.55.